The normalized spacial score (nSPS) is 10.4. The average Bonchev–Trinajstić information content (AvgIpc) is 2.80. The summed E-state index contributed by atoms with van der Waals surface area (Å²) in [6.45, 7) is 0.689. The minimum absolute atomic E-state index is 0.00558. The maximum atomic E-state index is 14.5. The zero-order valence-electron chi connectivity index (χ0n) is 19.7. The summed E-state index contributed by atoms with van der Waals surface area (Å²) < 4.78 is 25.3. The number of anilines is 1. The van der Waals surface area contributed by atoms with E-state index in [0.717, 1.165) is 0 Å². The Morgan fingerprint density at radius 2 is 1.88 bits per heavy atom. The van der Waals surface area contributed by atoms with E-state index in [0.29, 0.717) is 29.6 Å². The number of nitrogen functional groups attached to an aromatic ring is 1. The topological polar surface area (TPSA) is 115 Å². The van der Waals surface area contributed by atoms with Gasteiger partial charge in [0.25, 0.3) is 0 Å². The van der Waals surface area contributed by atoms with Crippen LogP contribution in [0.4, 0.5) is 14.9 Å². The van der Waals surface area contributed by atoms with Crippen LogP contribution in [0.3, 0.4) is 0 Å². The monoisotopic (exact) mass is 468 g/mol. The first-order chi connectivity index (χ1) is 16.2. The fraction of sp³-hybridized carbons (Fsp3) is 0.280. The fourth-order valence-corrected chi connectivity index (χ4v) is 3.31. The lowest BCUT2D eigenvalue weighted by Crippen LogP contribution is -2.25. The molecule has 180 valence electrons. The number of carbonyl (C=O) groups excluding carboxylic acids is 1. The van der Waals surface area contributed by atoms with Crippen molar-refractivity contribution in [1.82, 2.24) is 9.80 Å². The van der Waals surface area contributed by atoms with Gasteiger partial charge in [-0.15, -0.1) is 6.42 Å². The Morgan fingerprint density at radius 3 is 2.53 bits per heavy atom. The average molecular weight is 469 g/mol. The molecule has 0 saturated carbocycles. The van der Waals surface area contributed by atoms with Crippen molar-refractivity contribution in [3.63, 3.8) is 0 Å². The molecule has 1 heterocycles. The summed E-state index contributed by atoms with van der Waals surface area (Å²) in [5.41, 5.74) is 11.1. The Hall–Kier alpha value is -3.87. The lowest BCUT2D eigenvalue weighted by Gasteiger charge is -2.18. The van der Waals surface area contributed by atoms with Crippen LogP contribution < -0.4 is 21.8 Å². The third kappa shape index (κ3) is 6.13. The fourth-order valence-electron chi connectivity index (χ4n) is 3.31. The van der Waals surface area contributed by atoms with Gasteiger partial charge in [0.15, 0.2) is 0 Å². The summed E-state index contributed by atoms with van der Waals surface area (Å²) >= 11 is 0. The Kier molecular flexibility index (Phi) is 9.18. The minimum atomic E-state index is -0.612. The van der Waals surface area contributed by atoms with Gasteiger partial charge >= 0.3 is 11.7 Å². The van der Waals surface area contributed by atoms with E-state index in [-0.39, 0.29) is 29.0 Å². The predicted octanol–water partition coefficient (Wildman–Crippen LogP) is 2.81. The molecule has 0 aliphatic carbocycles. The van der Waals surface area contributed by atoms with Gasteiger partial charge in [0.2, 0.25) is 0 Å². The molecule has 0 aliphatic rings. The number of rotatable bonds is 6. The minimum Gasteiger partial charge on any atom is -0.422 e. The standard InChI is InChI=1S/C24H24FN3O4.CH5N/c1-5-11-28(4)14-19-17-10-9-16(31-24(30)27(2)3)13-21(17)32-23(29)18(19)12-15-7-6-8-20(26)22(15)25;1-2/h1,6-10,13H,11-12,14,26H2,2-4H3;2H2,1H3. The first-order valence-electron chi connectivity index (χ1n) is 10.4. The van der Waals surface area contributed by atoms with Gasteiger partial charge in [-0.05, 0) is 43.4 Å². The van der Waals surface area contributed by atoms with Gasteiger partial charge in [0, 0.05) is 44.1 Å². The van der Waals surface area contributed by atoms with Gasteiger partial charge in [-0.3, -0.25) is 4.90 Å². The quantitative estimate of drug-likeness (QED) is 0.325. The molecule has 4 N–H and O–H groups in total. The molecular weight excluding hydrogens is 439 g/mol. The van der Waals surface area contributed by atoms with Gasteiger partial charge in [0.1, 0.15) is 17.1 Å². The molecule has 0 radical (unpaired) electrons. The van der Waals surface area contributed by atoms with Crippen LogP contribution in [-0.2, 0) is 13.0 Å². The lowest BCUT2D eigenvalue weighted by molar-refractivity contribution is 0.172. The molecule has 1 amide bonds. The van der Waals surface area contributed by atoms with Crippen LogP contribution in [-0.4, -0.2) is 50.6 Å². The van der Waals surface area contributed by atoms with E-state index >= 15 is 0 Å². The van der Waals surface area contributed by atoms with Gasteiger partial charge in [-0.2, -0.15) is 0 Å². The second kappa shape index (κ2) is 11.8. The van der Waals surface area contributed by atoms with Crippen molar-refractivity contribution in [2.45, 2.75) is 13.0 Å². The van der Waals surface area contributed by atoms with Crippen molar-refractivity contribution in [3.05, 3.63) is 69.3 Å². The van der Waals surface area contributed by atoms with Crippen molar-refractivity contribution in [2.24, 2.45) is 5.73 Å². The van der Waals surface area contributed by atoms with E-state index in [2.05, 4.69) is 11.7 Å². The van der Waals surface area contributed by atoms with Gasteiger partial charge in [-0.1, -0.05) is 18.1 Å². The van der Waals surface area contributed by atoms with Crippen LogP contribution in [0.2, 0.25) is 0 Å². The SMILES string of the molecule is C#CCN(C)Cc1c(Cc2cccc(N)c2F)c(=O)oc2cc(OC(=O)N(C)C)ccc12.CN. The van der Waals surface area contributed by atoms with Crippen LogP contribution in [0.15, 0.2) is 45.6 Å². The zero-order valence-corrected chi connectivity index (χ0v) is 19.7. The molecule has 0 aliphatic heterocycles. The lowest BCUT2D eigenvalue weighted by atomic mass is 9.97. The third-order valence-corrected chi connectivity index (χ3v) is 4.93. The molecule has 34 heavy (non-hydrogen) atoms. The number of nitrogens with zero attached hydrogens (tertiary/aromatic N) is 2. The van der Waals surface area contributed by atoms with Gasteiger partial charge < -0.3 is 25.5 Å². The molecule has 0 bridgehead atoms. The summed E-state index contributed by atoms with van der Waals surface area (Å²) in [5, 5.41) is 0.637. The van der Waals surface area contributed by atoms with E-state index in [1.54, 1.807) is 38.4 Å². The number of carbonyl (C=O) groups is 1. The van der Waals surface area contributed by atoms with Crippen LogP contribution in [0, 0.1) is 18.2 Å². The Balaban J connectivity index is 0.00000199. The Bertz CT molecular complexity index is 1260. The van der Waals surface area contributed by atoms with Crippen LogP contribution in [0.25, 0.3) is 11.0 Å². The van der Waals surface area contributed by atoms with Crippen molar-refractivity contribution in [3.8, 4) is 18.1 Å². The molecule has 2 aromatic carbocycles. The summed E-state index contributed by atoms with van der Waals surface area (Å²) in [4.78, 5) is 27.9. The molecule has 0 fully saturated rings. The summed E-state index contributed by atoms with van der Waals surface area (Å²) in [5.74, 6) is 2.23. The number of hydrogen-bond acceptors (Lipinski definition) is 7. The van der Waals surface area contributed by atoms with E-state index in [4.69, 9.17) is 21.3 Å². The summed E-state index contributed by atoms with van der Waals surface area (Å²) in [6, 6.07) is 9.46. The van der Waals surface area contributed by atoms with Crippen LogP contribution in [0.1, 0.15) is 16.7 Å². The number of fused-ring (bicyclic) bond motifs is 1. The molecule has 9 heteroatoms. The van der Waals surface area contributed by atoms with E-state index < -0.39 is 17.5 Å². The van der Waals surface area contributed by atoms with Crippen LogP contribution in [0.5, 0.6) is 5.75 Å². The Labute approximate surface area is 197 Å². The molecule has 1 aromatic heterocycles. The van der Waals surface area contributed by atoms with Gasteiger partial charge in [0.05, 0.1) is 12.2 Å². The van der Waals surface area contributed by atoms with E-state index in [1.807, 2.05) is 11.9 Å². The van der Waals surface area contributed by atoms with Crippen molar-refractivity contribution < 1.29 is 18.3 Å². The molecule has 0 saturated heterocycles. The van der Waals surface area contributed by atoms with Crippen LogP contribution >= 0.6 is 0 Å². The molecule has 3 aromatic rings. The predicted molar refractivity (Wildman–Crippen MR) is 131 cm³/mol. The highest BCUT2D eigenvalue weighted by Gasteiger charge is 2.19. The highest BCUT2D eigenvalue weighted by atomic mass is 19.1. The first kappa shape index (κ1) is 26.4. The molecule has 0 unspecified atom stereocenters. The second-order valence-electron chi connectivity index (χ2n) is 7.64. The molecular formula is C25H29FN4O4. The summed E-state index contributed by atoms with van der Waals surface area (Å²) in [6.07, 6.45) is 4.87. The zero-order chi connectivity index (χ0) is 25.4. The van der Waals surface area contributed by atoms with E-state index in [1.165, 1.54) is 24.1 Å². The van der Waals surface area contributed by atoms with E-state index in [9.17, 15) is 14.0 Å². The molecule has 8 nitrogen and oxygen atoms in total. The molecule has 3 rings (SSSR count). The number of terminal acetylenes is 1. The highest BCUT2D eigenvalue weighted by molar-refractivity contribution is 5.83. The first-order valence-corrected chi connectivity index (χ1v) is 10.4. The van der Waals surface area contributed by atoms with Gasteiger partial charge in [-0.25, -0.2) is 14.0 Å². The largest absolute Gasteiger partial charge is 0.422 e. The second-order valence-corrected chi connectivity index (χ2v) is 7.64. The Morgan fingerprint density at radius 1 is 1.18 bits per heavy atom. The van der Waals surface area contributed by atoms with Crippen molar-refractivity contribution >= 4 is 22.7 Å². The maximum Gasteiger partial charge on any atom is 0.414 e. The molecule has 0 spiro atoms. The van der Waals surface area contributed by atoms with Crippen molar-refractivity contribution in [2.75, 3.05) is 40.5 Å². The third-order valence-electron chi connectivity index (χ3n) is 4.93. The number of halogens is 1. The number of hydrogen-bond donors (Lipinski definition) is 2. The summed E-state index contributed by atoms with van der Waals surface area (Å²) in [7, 11) is 6.44. The smallest absolute Gasteiger partial charge is 0.414 e. The maximum absolute atomic E-state index is 14.5. The number of nitrogens with two attached hydrogens (primary N) is 2. The number of benzene rings is 2. The number of ether oxygens (including phenoxy) is 1. The molecule has 0 atom stereocenters. The van der Waals surface area contributed by atoms with Crippen molar-refractivity contribution in [1.29, 1.82) is 0 Å². The highest BCUT2D eigenvalue weighted by Crippen LogP contribution is 2.28. The number of amides is 1.